The number of methoxy groups -OCH3 is 1. The lowest BCUT2D eigenvalue weighted by Crippen LogP contribution is -2.19. The van der Waals surface area contributed by atoms with E-state index in [1.54, 1.807) is 7.11 Å². The lowest BCUT2D eigenvalue weighted by atomic mass is 9.98. The molecule has 0 aliphatic rings. The van der Waals surface area contributed by atoms with E-state index in [-0.39, 0.29) is 6.04 Å². The summed E-state index contributed by atoms with van der Waals surface area (Å²) in [5.41, 5.74) is 2.21. The second kappa shape index (κ2) is 7.50. The van der Waals surface area contributed by atoms with Crippen LogP contribution in [0.5, 0.6) is 5.75 Å². The highest BCUT2D eigenvalue weighted by atomic mass is 79.9. The maximum absolute atomic E-state index is 6.09. The van der Waals surface area contributed by atoms with Crippen molar-refractivity contribution in [1.82, 2.24) is 5.32 Å². The zero-order chi connectivity index (χ0) is 15.4. The number of benzene rings is 2. The Morgan fingerprint density at radius 1 is 1.14 bits per heavy atom. The van der Waals surface area contributed by atoms with E-state index in [9.17, 15) is 0 Å². The molecule has 0 radical (unpaired) electrons. The molecule has 0 aliphatic heterocycles. The molecule has 0 aliphatic carbocycles. The van der Waals surface area contributed by atoms with Gasteiger partial charge in [-0.15, -0.1) is 0 Å². The molecule has 1 unspecified atom stereocenters. The quantitative estimate of drug-likeness (QED) is 0.753. The standard InChI is InChI=1S/C16H16BrCl2NO/c1-20-15(8-10-3-5-13(18)14(19)7-10)12-9-11(17)4-6-16(12)21-2/h3-7,9,15,20H,8H2,1-2H3. The summed E-state index contributed by atoms with van der Waals surface area (Å²) in [6, 6.07) is 11.8. The smallest absolute Gasteiger partial charge is 0.123 e. The summed E-state index contributed by atoms with van der Waals surface area (Å²) in [6.07, 6.45) is 0.792. The Morgan fingerprint density at radius 3 is 2.52 bits per heavy atom. The van der Waals surface area contributed by atoms with Gasteiger partial charge in [0.15, 0.2) is 0 Å². The van der Waals surface area contributed by atoms with Gasteiger partial charge in [0.25, 0.3) is 0 Å². The summed E-state index contributed by atoms with van der Waals surface area (Å²) < 4.78 is 6.48. The monoisotopic (exact) mass is 387 g/mol. The maximum atomic E-state index is 6.09. The molecule has 2 rings (SSSR count). The molecule has 5 heteroatoms. The van der Waals surface area contributed by atoms with Crippen molar-refractivity contribution in [1.29, 1.82) is 0 Å². The van der Waals surface area contributed by atoms with Gasteiger partial charge < -0.3 is 10.1 Å². The van der Waals surface area contributed by atoms with Gasteiger partial charge in [-0.2, -0.15) is 0 Å². The second-order valence-corrected chi connectivity index (χ2v) is 6.41. The van der Waals surface area contributed by atoms with Crippen LogP contribution < -0.4 is 10.1 Å². The molecule has 2 aromatic rings. The van der Waals surface area contributed by atoms with Gasteiger partial charge >= 0.3 is 0 Å². The van der Waals surface area contributed by atoms with Crippen molar-refractivity contribution in [3.05, 3.63) is 62.0 Å². The van der Waals surface area contributed by atoms with Crippen LogP contribution in [-0.2, 0) is 6.42 Å². The SMILES string of the molecule is CNC(Cc1ccc(Cl)c(Cl)c1)c1cc(Br)ccc1OC. The molecule has 112 valence electrons. The van der Waals surface area contributed by atoms with Crippen LogP contribution in [-0.4, -0.2) is 14.2 Å². The summed E-state index contributed by atoms with van der Waals surface area (Å²) >= 11 is 15.6. The first-order valence-corrected chi connectivity index (χ1v) is 8.04. The van der Waals surface area contributed by atoms with Crippen LogP contribution in [0, 0.1) is 0 Å². The molecular weight excluding hydrogens is 373 g/mol. The van der Waals surface area contributed by atoms with E-state index >= 15 is 0 Å². The van der Waals surface area contributed by atoms with Crippen LogP contribution in [0.15, 0.2) is 40.9 Å². The van der Waals surface area contributed by atoms with E-state index in [4.69, 9.17) is 27.9 Å². The first-order chi connectivity index (χ1) is 10.0. The fraction of sp³-hybridized carbons (Fsp3) is 0.250. The van der Waals surface area contributed by atoms with Crippen molar-refractivity contribution >= 4 is 39.1 Å². The van der Waals surface area contributed by atoms with Crippen LogP contribution >= 0.6 is 39.1 Å². The van der Waals surface area contributed by atoms with Gasteiger partial charge in [0.1, 0.15) is 5.75 Å². The highest BCUT2D eigenvalue weighted by Gasteiger charge is 2.16. The van der Waals surface area contributed by atoms with E-state index < -0.39 is 0 Å². The van der Waals surface area contributed by atoms with Crippen molar-refractivity contribution in [3.8, 4) is 5.75 Å². The Morgan fingerprint density at radius 2 is 1.90 bits per heavy atom. The fourth-order valence-corrected chi connectivity index (χ4v) is 2.95. The van der Waals surface area contributed by atoms with Gasteiger partial charge in [0.05, 0.1) is 17.2 Å². The molecule has 0 bridgehead atoms. The Labute approximate surface area is 143 Å². The van der Waals surface area contributed by atoms with Gasteiger partial charge in [-0.25, -0.2) is 0 Å². The number of hydrogen-bond donors (Lipinski definition) is 1. The van der Waals surface area contributed by atoms with E-state index in [2.05, 4.69) is 27.3 Å². The van der Waals surface area contributed by atoms with Crippen molar-refractivity contribution < 1.29 is 4.74 Å². The number of hydrogen-bond acceptors (Lipinski definition) is 2. The molecule has 21 heavy (non-hydrogen) atoms. The third-order valence-corrected chi connectivity index (χ3v) is 4.57. The molecule has 0 spiro atoms. The topological polar surface area (TPSA) is 21.3 Å². The van der Waals surface area contributed by atoms with Crippen molar-refractivity contribution in [2.24, 2.45) is 0 Å². The summed E-state index contributed by atoms with van der Waals surface area (Å²) in [7, 11) is 3.61. The lowest BCUT2D eigenvalue weighted by Gasteiger charge is -2.20. The summed E-state index contributed by atoms with van der Waals surface area (Å²) in [5.74, 6) is 0.859. The van der Waals surface area contributed by atoms with Crippen LogP contribution in [0.3, 0.4) is 0 Å². The molecule has 0 aromatic heterocycles. The Bertz CT molecular complexity index is 634. The average Bonchev–Trinajstić information content (AvgIpc) is 2.48. The first kappa shape index (κ1) is 16.6. The third kappa shape index (κ3) is 4.13. The molecule has 0 heterocycles. The van der Waals surface area contributed by atoms with E-state index in [1.165, 1.54) is 0 Å². The number of rotatable bonds is 5. The van der Waals surface area contributed by atoms with Gasteiger partial charge in [-0.3, -0.25) is 0 Å². The first-order valence-electron chi connectivity index (χ1n) is 6.49. The third-order valence-electron chi connectivity index (χ3n) is 3.34. The predicted octanol–water partition coefficient (Wildman–Crippen LogP) is 5.27. The van der Waals surface area contributed by atoms with E-state index in [0.717, 1.165) is 27.8 Å². The minimum Gasteiger partial charge on any atom is -0.496 e. The van der Waals surface area contributed by atoms with Gasteiger partial charge in [-0.05, 0) is 49.4 Å². The molecule has 2 nitrogen and oxygen atoms in total. The van der Waals surface area contributed by atoms with Crippen LogP contribution in [0.2, 0.25) is 10.0 Å². The maximum Gasteiger partial charge on any atom is 0.123 e. The minimum atomic E-state index is 0.120. The zero-order valence-corrected chi connectivity index (χ0v) is 14.9. The highest BCUT2D eigenvalue weighted by molar-refractivity contribution is 9.10. The average molecular weight is 389 g/mol. The van der Waals surface area contributed by atoms with Crippen LogP contribution in [0.1, 0.15) is 17.2 Å². The second-order valence-electron chi connectivity index (χ2n) is 4.68. The largest absolute Gasteiger partial charge is 0.496 e. The van der Waals surface area contributed by atoms with Crippen LogP contribution in [0.4, 0.5) is 0 Å². The summed E-state index contributed by atoms with van der Waals surface area (Å²) in [4.78, 5) is 0. The lowest BCUT2D eigenvalue weighted by molar-refractivity contribution is 0.401. The van der Waals surface area contributed by atoms with E-state index in [0.29, 0.717) is 10.0 Å². The highest BCUT2D eigenvalue weighted by Crippen LogP contribution is 2.31. The molecule has 1 N–H and O–H groups in total. The summed E-state index contributed by atoms with van der Waals surface area (Å²) in [6.45, 7) is 0. The molecule has 2 aromatic carbocycles. The van der Waals surface area contributed by atoms with E-state index in [1.807, 2.05) is 37.4 Å². The number of nitrogens with one attached hydrogen (secondary N) is 1. The zero-order valence-electron chi connectivity index (χ0n) is 11.8. The van der Waals surface area contributed by atoms with Crippen molar-refractivity contribution in [2.45, 2.75) is 12.5 Å². The summed E-state index contributed by atoms with van der Waals surface area (Å²) in [5, 5.41) is 4.47. The van der Waals surface area contributed by atoms with Gasteiger partial charge in [0.2, 0.25) is 0 Å². The van der Waals surface area contributed by atoms with Crippen LogP contribution in [0.25, 0.3) is 0 Å². The number of halogens is 3. The Kier molecular flexibility index (Phi) is 5.94. The Balaban J connectivity index is 2.31. The molecule has 0 fully saturated rings. The fourth-order valence-electron chi connectivity index (χ4n) is 2.25. The van der Waals surface area contributed by atoms with Gasteiger partial charge in [0, 0.05) is 16.1 Å². The molecule has 0 saturated heterocycles. The number of likely N-dealkylation sites (N-methyl/N-ethyl adjacent to an activating group) is 1. The Hall–Kier alpha value is -0.740. The van der Waals surface area contributed by atoms with Crippen molar-refractivity contribution in [3.63, 3.8) is 0 Å². The predicted molar refractivity (Wildman–Crippen MR) is 92.7 cm³/mol. The number of ether oxygens (including phenoxy) is 1. The van der Waals surface area contributed by atoms with Crippen molar-refractivity contribution in [2.75, 3.05) is 14.2 Å². The normalized spacial score (nSPS) is 12.2. The minimum absolute atomic E-state index is 0.120. The van der Waals surface area contributed by atoms with Gasteiger partial charge in [-0.1, -0.05) is 45.2 Å². The molecular formula is C16H16BrCl2NO. The molecule has 0 amide bonds. The molecule has 1 atom stereocenters. The molecule has 0 saturated carbocycles.